The molecule has 3 rings (SSSR count). The highest BCUT2D eigenvalue weighted by Crippen LogP contribution is 2.24. The summed E-state index contributed by atoms with van der Waals surface area (Å²) in [7, 11) is 1.31. The molecule has 0 aliphatic heterocycles. The van der Waals surface area contributed by atoms with Crippen LogP contribution in [0, 0.1) is 6.92 Å². The Morgan fingerprint density at radius 3 is 2.52 bits per heavy atom. The molecule has 126 valence electrons. The number of methoxy groups -OCH3 is 1. The van der Waals surface area contributed by atoms with Crippen molar-refractivity contribution in [3.8, 4) is 0 Å². The molecule has 3 aromatic rings. The van der Waals surface area contributed by atoms with Gasteiger partial charge < -0.3 is 9.47 Å². The van der Waals surface area contributed by atoms with Gasteiger partial charge in [0.1, 0.15) is 12.3 Å². The van der Waals surface area contributed by atoms with Crippen molar-refractivity contribution in [1.82, 2.24) is 9.97 Å². The van der Waals surface area contributed by atoms with E-state index in [1.807, 2.05) is 31.2 Å². The van der Waals surface area contributed by atoms with Crippen LogP contribution in [-0.2, 0) is 16.1 Å². The van der Waals surface area contributed by atoms with Gasteiger partial charge in [0.2, 0.25) is 0 Å². The largest absolute Gasteiger partial charge is 0.465 e. The average Bonchev–Trinajstić information content (AvgIpc) is 2.66. The van der Waals surface area contributed by atoms with Gasteiger partial charge in [0.05, 0.1) is 23.9 Å². The fraction of sp³-hybridized carbons (Fsp3) is 0.158. The first kappa shape index (κ1) is 16.6. The molecule has 0 aliphatic rings. The monoisotopic (exact) mass is 336 g/mol. The molecular weight excluding hydrogens is 320 g/mol. The minimum absolute atomic E-state index is 0.147. The Bertz CT molecular complexity index is 939. The van der Waals surface area contributed by atoms with Crippen LogP contribution in [0.15, 0.2) is 48.7 Å². The summed E-state index contributed by atoms with van der Waals surface area (Å²) < 4.78 is 10.1. The highest BCUT2D eigenvalue weighted by Gasteiger charge is 2.20. The summed E-state index contributed by atoms with van der Waals surface area (Å²) in [5.41, 5.74) is 2.32. The van der Waals surface area contributed by atoms with Crippen LogP contribution in [0.25, 0.3) is 10.9 Å². The van der Waals surface area contributed by atoms with Crippen molar-refractivity contribution in [3.05, 3.63) is 71.2 Å². The second kappa shape index (κ2) is 7.09. The van der Waals surface area contributed by atoms with Crippen molar-refractivity contribution in [3.63, 3.8) is 0 Å². The number of benzene rings is 1. The first-order valence-electron chi connectivity index (χ1n) is 7.66. The molecule has 1 aromatic carbocycles. The molecule has 0 N–H and O–H groups in total. The molecule has 0 spiro atoms. The average molecular weight is 336 g/mol. The molecule has 2 aromatic heterocycles. The number of esters is 2. The van der Waals surface area contributed by atoms with Crippen molar-refractivity contribution >= 4 is 22.8 Å². The second-order valence-corrected chi connectivity index (χ2v) is 5.36. The van der Waals surface area contributed by atoms with E-state index in [2.05, 4.69) is 9.97 Å². The van der Waals surface area contributed by atoms with Crippen LogP contribution in [0.4, 0.5) is 0 Å². The van der Waals surface area contributed by atoms with Crippen molar-refractivity contribution in [2.45, 2.75) is 13.5 Å². The predicted molar refractivity (Wildman–Crippen MR) is 91.2 cm³/mol. The third-order valence-electron chi connectivity index (χ3n) is 3.83. The number of nitrogens with zero attached hydrogens (tertiary/aromatic N) is 2. The highest BCUT2D eigenvalue weighted by molar-refractivity contribution is 5.98. The number of aromatic nitrogens is 2. The van der Waals surface area contributed by atoms with E-state index in [0.29, 0.717) is 11.3 Å². The van der Waals surface area contributed by atoms with Crippen molar-refractivity contribution in [2.75, 3.05) is 7.11 Å². The molecule has 0 saturated carbocycles. The lowest BCUT2D eigenvalue weighted by atomic mass is 10.0. The summed E-state index contributed by atoms with van der Waals surface area (Å²) in [6.07, 6.45) is 1.51. The zero-order chi connectivity index (χ0) is 17.8. The maximum Gasteiger partial charge on any atom is 0.357 e. The molecule has 6 nitrogen and oxygen atoms in total. The summed E-state index contributed by atoms with van der Waals surface area (Å²) in [5.74, 6) is -1.09. The zero-order valence-electron chi connectivity index (χ0n) is 13.9. The van der Waals surface area contributed by atoms with Crippen molar-refractivity contribution in [1.29, 1.82) is 0 Å². The van der Waals surface area contributed by atoms with Crippen LogP contribution >= 0.6 is 0 Å². The minimum atomic E-state index is -0.580. The number of hydrogen-bond donors (Lipinski definition) is 0. The van der Waals surface area contributed by atoms with Crippen LogP contribution < -0.4 is 0 Å². The first-order valence-corrected chi connectivity index (χ1v) is 7.66. The smallest absolute Gasteiger partial charge is 0.357 e. The fourth-order valence-corrected chi connectivity index (χ4v) is 2.61. The number of rotatable bonds is 4. The Balaban J connectivity index is 1.97. The van der Waals surface area contributed by atoms with Gasteiger partial charge in [-0.15, -0.1) is 0 Å². The molecular formula is C19H16N2O4. The fourth-order valence-electron chi connectivity index (χ4n) is 2.61. The van der Waals surface area contributed by atoms with Crippen molar-refractivity contribution < 1.29 is 19.1 Å². The Labute approximate surface area is 144 Å². The van der Waals surface area contributed by atoms with E-state index in [9.17, 15) is 9.59 Å². The lowest BCUT2D eigenvalue weighted by Gasteiger charge is -2.13. The van der Waals surface area contributed by atoms with Crippen LogP contribution in [-0.4, -0.2) is 29.0 Å². The summed E-state index contributed by atoms with van der Waals surface area (Å²) in [4.78, 5) is 32.7. The maximum absolute atomic E-state index is 12.2. The molecule has 0 fully saturated rings. The second-order valence-electron chi connectivity index (χ2n) is 5.36. The van der Waals surface area contributed by atoms with Gasteiger partial charge in [-0.25, -0.2) is 19.6 Å². The number of carbonyl (C=O) groups excluding carboxylic acids is 2. The van der Waals surface area contributed by atoms with Gasteiger partial charge >= 0.3 is 11.9 Å². The van der Waals surface area contributed by atoms with Crippen LogP contribution in [0.3, 0.4) is 0 Å². The van der Waals surface area contributed by atoms with Crippen LogP contribution in [0.2, 0.25) is 0 Å². The molecule has 0 atom stereocenters. The summed E-state index contributed by atoms with van der Waals surface area (Å²) >= 11 is 0. The van der Waals surface area contributed by atoms with Gasteiger partial charge in [0.25, 0.3) is 0 Å². The number of fused-ring (bicyclic) bond motifs is 1. The SMILES string of the molecule is COC(=O)c1c(COC(=O)c2ccccn2)nc2ccccc2c1C. The van der Waals surface area contributed by atoms with Gasteiger partial charge in [0, 0.05) is 11.6 Å². The first-order chi connectivity index (χ1) is 12.1. The third-order valence-corrected chi connectivity index (χ3v) is 3.83. The van der Waals surface area contributed by atoms with E-state index in [1.165, 1.54) is 13.3 Å². The Kier molecular flexibility index (Phi) is 4.70. The lowest BCUT2D eigenvalue weighted by molar-refractivity contribution is 0.0449. The Morgan fingerprint density at radius 2 is 1.80 bits per heavy atom. The van der Waals surface area contributed by atoms with E-state index < -0.39 is 11.9 Å². The Morgan fingerprint density at radius 1 is 1.04 bits per heavy atom. The Hall–Kier alpha value is -3.28. The van der Waals surface area contributed by atoms with Gasteiger partial charge in [-0.1, -0.05) is 24.3 Å². The quantitative estimate of drug-likeness (QED) is 0.681. The standard InChI is InChI=1S/C19H16N2O4/c1-12-13-7-3-4-8-14(13)21-16(17(12)19(23)24-2)11-25-18(22)15-9-5-6-10-20-15/h3-10H,11H2,1-2H3. The molecule has 0 amide bonds. The van der Waals surface area contributed by atoms with E-state index >= 15 is 0 Å². The molecule has 0 bridgehead atoms. The van der Waals surface area contributed by atoms with E-state index in [-0.39, 0.29) is 12.3 Å². The van der Waals surface area contributed by atoms with E-state index in [4.69, 9.17) is 9.47 Å². The molecule has 0 saturated heterocycles. The van der Waals surface area contributed by atoms with Gasteiger partial charge in [0.15, 0.2) is 0 Å². The maximum atomic E-state index is 12.2. The number of para-hydroxylation sites is 1. The molecule has 0 unspecified atom stereocenters. The molecule has 0 radical (unpaired) electrons. The molecule has 6 heteroatoms. The number of aryl methyl sites for hydroxylation is 1. The zero-order valence-corrected chi connectivity index (χ0v) is 13.9. The third kappa shape index (κ3) is 3.33. The number of pyridine rings is 2. The van der Waals surface area contributed by atoms with E-state index in [0.717, 1.165) is 16.5 Å². The molecule has 0 aliphatic carbocycles. The minimum Gasteiger partial charge on any atom is -0.465 e. The summed E-state index contributed by atoms with van der Waals surface area (Å²) in [6, 6.07) is 12.4. The van der Waals surface area contributed by atoms with Crippen molar-refractivity contribution in [2.24, 2.45) is 0 Å². The normalized spacial score (nSPS) is 10.5. The van der Waals surface area contributed by atoms with Gasteiger partial charge in [-0.2, -0.15) is 0 Å². The van der Waals surface area contributed by atoms with Crippen LogP contribution in [0.1, 0.15) is 32.1 Å². The van der Waals surface area contributed by atoms with E-state index in [1.54, 1.807) is 18.2 Å². The number of carbonyl (C=O) groups is 2. The number of hydrogen-bond acceptors (Lipinski definition) is 6. The van der Waals surface area contributed by atoms with Gasteiger partial charge in [-0.3, -0.25) is 0 Å². The summed E-state index contributed by atoms with van der Waals surface area (Å²) in [5, 5.41) is 0.850. The highest BCUT2D eigenvalue weighted by atomic mass is 16.5. The topological polar surface area (TPSA) is 78.4 Å². The summed E-state index contributed by atoms with van der Waals surface area (Å²) in [6.45, 7) is 1.67. The number of ether oxygens (including phenoxy) is 2. The predicted octanol–water partition coefficient (Wildman–Crippen LogP) is 3.08. The lowest BCUT2D eigenvalue weighted by Crippen LogP contribution is -2.14. The van der Waals surface area contributed by atoms with Crippen LogP contribution in [0.5, 0.6) is 0 Å². The molecule has 25 heavy (non-hydrogen) atoms. The molecule has 2 heterocycles. The van der Waals surface area contributed by atoms with Gasteiger partial charge in [-0.05, 0) is 30.7 Å².